The summed E-state index contributed by atoms with van der Waals surface area (Å²) >= 11 is 1.26. The number of hydrogen-bond donors (Lipinski definition) is 1. The minimum absolute atomic E-state index is 0.0927. The van der Waals surface area contributed by atoms with Gasteiger partial charge in [-0.2, -0.15) is 4.99 Å². The third kappa shape index (κ3) is 8.09. The minimum atomic E-state index is -4.75. The van der Waals surface area contributed by atoms with E-state index in [1.165, 1.54) is 47.0 Å². The molecule has 0 unspecified atom stereocenters. The lowest BCUT2D eigenvalue weighted by Crippen LogP contribution is -2.32. The standard InChI is InChI=1S/C32H31F3N6O3S/c1-20-16-21(2)28(22(3)17-20)41-27(42)18-45-31(41)38-30(43)36-15-5-4-6-23-7-9-24(10-8-23)29-37-19-40(39-29)25-11-13-26(14-12-25)44-32(33,34)35/h7-14,16-17,19H,4-6,15,18H2,1-3H3,(H,36,43). The van der Waals surface area contributed by atoms with Crippen molar-refractivity contribution in [2.24, 2.45) is 4.99 Å². The van der Waals surface area contributed by atoms with Gasteiger partial charge in [-0.25, -0.2) is 14.5 Å². The number of benzene rings is 3. The Morgan fingerprint density at radius 1 is 1.02 bits per heavy atom. The summed E-state index contributed by atoms with van der Waals surface area (Å²) in [5.74, 6) is 0.322. The molecule has 3 amide bonds. The number of anilines is 1. The number of nitrogens with one attached hydrogen (secondary N) is 1. The largest absolute Gasteiger partial charge is 0.573 e. The van der Waals surface area contributed by atoms with E-state index in [0.29, 0.717) is 23.2 Å². The van der Waals surface area contributed by atoms with E-state index in [0.717, 1.165) is 52.8 Å². The molecule has 0 bridgehead atoms. The number of amidine groups is 1. The molecule has 2 heterocycles. The number of aryl methyl sites for hydroxylation is 4. The zero-order valence-electron chi connectivity index (χ0n) is 24.9. The number of hydrogen-bond acceptors (Lipinski definition) is 6. The molecule has 1 saturated heterocycles. The van der Waals surface area contributed by atoms with Gasteiger partial charge in [0.1, 0.15) is 12.1 Å². The number of carbonyl (C=O) groups is 2. The number of rotatable bonds is 9. The topological polar surface area (TPSA) is 102 Å². The van der Waals surface area contributed by atoms with Crippen LogP contribution in [0.4, 0.5) is 23.7 Å². The number of nitrogens with zero attached hydrogens (tertiary/aromatic N) is 5. The quantitative estimate of drug-likeness (QED) is 0.200. The number of halogens is 3. The van der Waals surface area contributed by atoms with E-state index in [4.69, 9.17) is 0 Å². The van der Waals surface area contributed by atoms with Crippen LogP contribution in [0.3, 0.4) is 0 Å². The number of thioether (sulfide) groups is 1. The molecular weight excluding hydrogens is 605 g/mol. The number of carbonyl (C=O) groups excluding carboxylic acids is 2. The smallest absolute Gasteiger partial charge is 0.406 e. The molecule has 9 nitrogen and oxygen atoms in total. The molecule has 3 aromatic carbocycles. The molecule has 0 radical (unpaired) electrons. The zero-order valence-corrected chi connectivity index (χ0v) is 25.7. The summed E-state index contributed by atoms with van der Waals surface area (Å²) in [5, 5.41) is 7.65. The second-order valence-corrected chi connectivity index (χ2v) is 11.5. The van der Waals surface area contributed by atoms with Crippen molar-refractivity contribution in [1.82, 2.24) is 20.1 Å². The van der Waals surface area contributed by atoms with Crippen LogP contribution < -0.4 is 15.0 Å². The van der Waals surface area contributed by atoms with Crippen LogP contribution in [0.2, 0.25) is 0 Å². The van der Waals surface area contributed by atoms with Crippen molar-refractivity contribution in [3.8, 4) is 22.8 Å². The van der Waals surface area contributed by atoms with Gasteiger partial charge in [0, 0.05) is 12.1 Å². The molecule has 45 heavy (non-hydrogen) atoms. The van der Waals surface area contributed by atoms with Gasteiger partial charge < -0.3 is 10.1 Å². The molecule has 4 aromatic rings. The van der Waals surface area contributed by atoms with Gasteiger partial charge in [0.25, 0.3) is 0 Å². The van der Waals surface area contributed by atoms with E-state index in [9.17, 15) is 22.8 Å². The third-order valence-electron chi connectivity index (χ3n) is 7.03. The second-order valence-electron chi connectivity index (χ2n) is 10.6. The molecule has 0 atom stereocenters. The van der Waals surface area contributed by atoms with Crippen molar-refractivity contribution in [3.63, 3.8) is 0 Å². The predicted molar refractivity (Wildman–Crippen MR) is 168 cm³/mol. The molecule has 1 N–H and O–H groups in total. The van der Waals surface area contributed by atoms with E-state index < -0.39 is 12.4 Å². The molecule has 13 heteroatoms. The number of alkyl halides is 3. The lowest BCUT2D eigenvalue weighted by atomic mass is 10.0. The van der Waals surface area contributed by atoms with Gasteiger partial charge in [0.05, 0.1) is 17.1 Å². The summed E-state index contributed by atoms with van der Waals surface area (Å²) in [6.07, 6.45) is -0.848. The van der Waals surface area contributed by atoms with Gasteiger partial charge in [-0.1, -0.05) is 53.7 Å². The molecule has 0 aliphatic carbocycles. The number of aromatic nitrogens is 3. The van der Waals surface area contributed by atoms with E-state index in [1.807, 2.05) is 57.2 Å². The highest BCUT2D eigenvalue weighted by Crippen LogP contribution is 2.33. The van der Waals surface area contributed by atoms with Crippen LogP contribution in [0.15, 0.2) is 72.0 Å². The Bertz CT molecular complexity index is 1700. The fourth-order valence-corrected chi connectivity index (χ4v) is 5.96. The summed E-state index contributed by atoms with van der Waals surface area (Å²) in [4.78, 5) is 35.3. The molecule has 1 aromatic heterocycles. The number of aliphatic imine (C=N–C) groups is 1. The predicted octanol–water partition coefficient (Wildman–Crippen LogP) is 6.93. The molecular formula is C32H31F3N6O3S. The van der Waals surface area contributed by atoms with Crippen LogP contribution in [-0.4, -0.2) is 50.5 Å². The van der Waals surface area contributed by atoms with Gasteiger partial charge in [0.2, 0.25) is 5.91 Å². The maximum atomic E-state index is 12.6. The Morgan fingerprint density at radius 3 is 2.38 bits per heavy atom. The first-order valence-corrected chi connectivity index (χ1v) is 15.2. The summed E-state index contributed by atoms with van der Waals surface area (Å²) < 4.78 is 42.6. The number of ether oxygens (including phenoxy) is 1. The fraction of sp³-hybridized carbons (Fsp3) is 0.281. The molecule has 234 valence electrons. The molecule has 0 saturated carbocycles. The van der Waals surface area contributed by atoms with Crippen LogP contribution in [0.1, 0.15) is 35.1 Å². The Morgan fingerprint density at radius 2 is 1.71 bits per heavy atom. The molecule has 1 aliphatic heterocycles. The van der Waals surface area contributed by atoms with E-state index in [1.54, 1.807) is 4.90 Å². The van der Waals surface area contributed by atoms with Crippen molar-refractivity contribution >= 4 is 34.6 Å². The van der Waals surface area contributed by atoms with Crippen LogP contribution in [0.5, 0.6) is 5.75 Å². The summed E-state index contributed by atoms with van der Waals surface area (Å²) in [6, 6.07) is 16.7. The monoisotopic (exact) mass is 636 g/mol. The Kier molecular flexibility index (Phi) is 9.57. The Labute approximate surface area is 262 Å². The lowest BCUT2D eigenvalue weighted by Gasteiger charge is -2.21. The van der Waals surface area contributed by atoms with Crippen LogP contribution in [0, 0.1) is 20.8 Å². The van der Waals surface area contributed by atoms with Gasteiger partial charge in [0.15, 0.2) is 11.0 Å². The van der Waals surface area contributed by atoms with Gasteiger partial charge in [-0.05, 0) is 81.0 Å². The second kappa shape index (κ2) is 13.6. The van der Waals surface area contributed by atoms with Crippen LogP contribution >= 0.6 is 11.8 Å². The van der Waals surface area contributed by atoms with Gasteiger partial charge >= 0.3 is 12.4 Å². The number of urea groups is 1. The summed E-state index contributed by atoms with van der Waals surface area (Å²) in [7, 11) is 0. The average molecular weight is 637 g/mol. The van der Waals surface area contributed by atoms with Crippen molar-refractivity contribution in [2.45, 2.75) is 46.4 Å². The highest BCUT2D eigenvalue weighted by atomic mass is 32.2. The van der Waals surface area contributed by atoms with Crippen molar-refractivity contribution in [1.29, 1.82) is 0 Å². The maximum Gasteiger partial charge on any atom is 0.573 e. The highest BCUT2D eigenvalue weighted by molar-refractivity contribution is 8.15. The highest BCUT2D eigenvalue weighted by Gasteiger charge is 2.33. The molecule has 1 fully saturated rings. The first-order valence-electron chi connectivity index (χ1n) is 14.2. The SMILES string of the molecule is Cc1cc(C)c(N2C(=O)CSC2=NC(=O)NCCCCc2ccc(-c3ncn(-c4ccc(OC(F)(F)F)cc4)n3)cc2)c(C)c1. The molecule has 0 spiro atoms. The first kappa shape index (κ1) is 31.8. The van der Waals surface area contributed by atoms with E-state index in [2.05, 4.69) is 25.1 Å². The Balaban J connectivity index is 1.09. The summed E-state index contributed by atoms with van der Waals surface area (Å²) in [6.45, 7) is 6.37. The zero-order chi connectivity index (χ0) is 32.1. The average Bonchev–Trinajstić information content (AvgIpc) is 3.60. The molecule has 5 rings (SSSR count). The third-order valence-corrected chi connectivity index (χ3v) is 7.95. The number of amides is 3. The maximum absolute atomic E-state index is 12.6. The van der Waals surface area contributed by atoms with Crippen LogP contribution in [0.25, 0.3) is 17.1 Å². The summed E-state index contributed by atoms with van der Waals surface area (Å²) in [5.41, 5.74) is 6.27. The minimum Gasteiger partial charge on any atom is -0.406 e. The van der Waals surface area contributed by atoms with Gasteiger partial charge in [-0.15, -0.1) is 18.3 Å². The van der Waals surface area contributed by atoms with Crippen molar-refractivity contribution in [2.75, 3.05) is 17.2 Å². The van der Waals surface area contributed by atoms with E-state index in [-0.39, 0.29) is 17.4 Å². The Hall–Kier alpha value is -4.65. The van der Waals surface area contributed by atoms with Crippen molar-refractivity contribution < 1.29 is 27.5 Å². The van der Waals surface area contributed by atoms with Gasteiger partial charge in [-0.3, -0.25) is 9.69 Å². The van der Waals surface area contributed by atoms with Crippen molar-refractivity contribution in [3.05, 3.63) is 89.2 Å². The van der Waals surface area contributed by atoms with E-state index >= 15 is 0 Å². The normalized spacial score (nSPS) is 14.3. The van der Waals surface area contributed by atoms with Crippen LogP contribution in [-0.2, 0) is 11.2 Å². The number of unbranched alkanes of at least 4 members (excludes halogenated alkanes) is 1. The fourth-order valence-electron chi connectivity index (χ4n) is 5.11. The lowest BCUT2D eigenvalue weighted by molar-refractivity contribution is -0.274. The molecule has 1 aliphatic rings. The first-order chi connectivity index (χ1) is 21.5.